The summed E-state index contributed by atoms with van der Waals surface area (Å²) < 4.78 is 0. The van der Waals surface area contributed by atoms with Gasteiger partial charge in [0.05, 0.1) is 12.1 Å². The van der Waals surface area contributed by atoms with Crippen LogP contribution in [0.15, 0.2) is 30.3 Å². The maximum Gasteiger partial charge on any atom is 0.0621 e. The van der Waals surface area contributed by atoms with E-state index in [1.807, 2.05) is 0 Å². The maximum absolute atomic E-state index is 10.3. The lowest BCUT2D eigenvalue weighted by molar-refractivity contribution is -0.0224. The molecule has 0 spiro atoms. The lowest BCUT2D eigenvalue weighted by Crippen LogP contribution is -2.61. The molecule has 3 rings (SSSR count). The third-order valence-corrected chi connectivity index (χ3v) is 5.22. The van der Waals surface area contributed by atoms with Crippen molar-refractivity contribution in [3.63, 3.8) is 0 Å². The van der Waals surface area contributed by atoms with E-state index >= 15 is 0 Å². The van der Waals surface area contributed by atoms with E-state index in [1.165, 1.54) is 24.8 Å². The van der Waals surface area contributed by atoms with Gasteiger partial charge < -0.3 is 10.4 Å². The third kappa shape index (κ3) is 2.50. The summed E-state index contributed by atoms with van der Waals surface area (Å²) in [5.41, 5.74) is 1.36. The summed E-state index contributed by atoms with van der Waals surface area (Å²) >= 11 is 0. The summed E-state index contributed by atoms with van der Waals surface area (Å²) in [5, 5.41) is 13.7. The van der Waals surface area contributed by atoms with Crippen molar-refractivity contribution in [2.45, 2.75) is 37.1 Å². The molecule has 1 aliphatic carbocycles. The number of hydrogen-bond donors (Lipinski definition) is 2. The first-order valence-corrected chi connectivity index (χ1v) is 7.98. The predicted molar refractivity (Wildman–Crippen MR) is 81.9 cm³/mol. The minimum atomic E-state index is -0.0400. The van der Waals surface area contributed by atoms with E-state index in [4.69, 9.17) is 0 Å². The number of benzene rings is 1. The highest BCUT2D eigenvalue weighted by Crippen LogP contribution is 2.44. The van der Waals surface area contributed by atoms with Crippen molar-refractivity contribution in [3.05, 3.63) is 35.9 Å². The molecule has 20 heavy (non-hydrogen) atoms. The van der Waals surface area contributed by atoms with Crippen LogP contribution in [0.5, 0.6) is 0 Å². The van der Waals surface area contributed by atoms with Gasteiger partial charge in [-0.05, 0) is 18.4 Å². The van der Waals surface area contributed by atoms with Crippen LogP contribution < -0.4 is 5.32 Å². The number of hydrogen-bond acceptors (Lipinski definition) is 3. The molecule has 0 amide bonds. The van der Waals surface area contributed by atoms with E-state index in [2.05, 4.69) is 40.5 Å². The van der Waals surface area contributed by atoms with Gasteiger partial charge in [-0.2, -0.15) is 0 Å². The fourth-order valence-corrected chi connectivity index (χ4v) is 4.16. The van der Waals surface area contributed by atoms with E-state index < -0.39 is 0 Å². The molecule has 0 aromatic heterocycles. The monoisotopic (exact) mass is 274 g/mol. The van der Waals surface area contributed by atoms with Crippen LogP contribution in [0.4, 0.5) is 0 Å². The van der Waals surface area contributed by atoms with Crippen LogP contribution in [0.3, 0.4) is 0 Å². The van der Waals surface area contributed by atoms with Crippen LogP contribution in [0.1, 0.15) is 37.2 Å². The van der Waals surface area contributed by atoms with Gasteiger partial charge >= 0.3 is 0 Å². The number of nitrogens with zero attached hydrogens (tertiary/aromatic N) is 1. The molecule has 2 unspecified atom stereocenters. The first-order chi connectivity index (χ1) is 9.87. The molecule has 1 saturated carbocycles. The molecular weight excluding hydrogens is 248 g/mol. The first-order valence-electron chi connectivity index (χ1n) is 7.98. The molecule has 2 aliphatic rings. The second-order valence-electron chi connectivity index (χ2n) is 6.21. The Balaban J connectivity index is 1.92. The van der Waals surface area contributed by atoms with Crippen molar-refractivity contribution in [1.82, 2.24) is 10.2 Å². The smallest absolute Gasteiger partial charge is 0.0621 e. The van der Waals surface area contributed by atoms with Crippen LogP contribution in [0.2, 0.25) is 0 Å². The molecular formula is C17H26N2O. The third-order valence-electron chi connectivity index (χ3n) is 5.22. The minimum absolute atomic E-state index is 0.0400. The Morgan fingerprint density at radius 1 is 1.15 bits per heavy atom. The Bertz CT molecular complexity index is 416. The fourth-order valence-electron chi connectivity index (χ4n) is 4.16. The van der Waals surface area contributed by atoms with Gasteiger partial charge in [0.1, 0.15) is 0 Å². The van der Waals surface area contributed by atoms with Crippen molar-refractivity contribution in [1.29, 1.82) is 0 Å². The molecule has 1 saturated heterocycles. The van der Waals surface area contributed by atoms with E-state index in [0.29, 0.717) is 5.92 Å². The summed E-state index contributed by atoms with van der Waals surface area (Å²) in [6, 6.07) is 10.8. The molecule has 110 valence electrons. The lowest BCUT2D eigenvalue weighted by Gasteiger charge is -2.52. The second kappa shape index (κ2) is 6.25. The fraction of sp³-hybridized carbons (Fsp3) is 0.647. The summed E-state index contributed by atoms with van der Waals surface area (Å²) in [6.45, 7) is 4.49. The average molecular weight is 274 g/mol. The van der Waals surface area contributed by atoms with Crippen LogP contribution >= 0.6 is 0 Å². The molecule has 1 aliphatic heterocycles. The summed E-state index contributed by atoms with van der Waals surface area (Å²) in [6.07, 6.45) is 4.86. The zero-order chi connectivity index (χ0) is 13.8. The normalized spacial score (nSPS) is 32.1. The largest absolute Gasteiger partial charge is 0.394 e. The highest BCUT2D eigenvalue weighted by atomic mass is 16.3. The van der Waals surface area contributed by atoms with Crippen molar-refractivity contribution >= 4 is 0 Å². The molecule has 0 radical (unpaired) electrons. The van der Waals surface area contributed by atoms with E-state index in [9.17, 15) is 5.11 Å². The quantitative estimate of drug-likeness (QED) is 0.885. The van der Waals surface area contributed by atoms with Gasteiger partial charge in [-0.15, -0.1) is 0 Å². The standard InChI is InChI=1S/C17H26N2O/c20-14-17(19-12-10-18-11-13-19)9-5-4-8-16(17)15-6-2-1-3-7-15/h1-3,6-7,16,18,20H,4-5,8-14H2. The SMILES string of the molecule is OCC1(N2CCNCC2)CCCCC1c1ccccc1. The molecule has 3 heteroatoms. The Hall–Kier alpha value is -0.900. The average Bonchev–Trinajstić information content (AvgIpc) is 2.56. The molecule has 2 atom stereocenters. The van der Waals surface area contributed by atoms with Gasteiger partial charge in [-0.25, -0.2) is 0 Å². The molecule has 0 bridgehead atoms. The van der Waals surface area contributed by atoms with Gasteiger partial charge in [0.2, 0.25) is 0 Å². The Labute approximate surface area is 122 Å². The second-order valence-corrected chi connectivity index (χ2v) is 6.21. The minimum Gasteiger partial charge on any atom is -0.394 e. The zero-order valence-electron chi connectivity index (χ0n) is 12.2. The van der Waals surface area contributed by atoms with Crippen LogP contribution in [-0.2, 0) is 0 Å². The Morgan fingerprint density at radius 2 is 1.90 bits per heavy atom. The van der Waals surface area contributed by atoms with Gasteiger partial charge in [-0.3, -0.25) is 4.90 Å². The van der Waals surface area contributed by atoms with Crippen molar-refractivity contribution in [3.8, 4) is 0 Å². The molecule has 1 heterocycles. The Kier molecular flexibility index (Phi) is 4.39. The molecule has 2 N–H and O–H groups in total. The highest BCUT2D eigenvalue weighted by molar-refractivity contribution is 5.25. The zero-order valence-corrected chi connectivity index (χ0v) is 12.2. The van der Waals surface area contributed by atoms with E-state index in [0.717, 1.165) is 32.6 Å². The Morgan fingerprint density at radius 3 is 2.60 bits per heavy atom. The van der Waals surface area contributed by atoms with Crippen molar-refractivity contribution < 1.29 is 5.11 Å². The number of rotatable bonds is 3. The number of aliphatic hydroxyl groups excluding tert-OH is 1. The summed E-state index contributed by atoms with van der Waals surface area (Å²) in [7, 11) is 0. The number of nitrogens with one attached hydrogen (secondary N) is 1. The van der Waals surface area contributed by atoms with Gasteiger partial charge in [0.25, 0.3) is 0 Å². The van der Waals surface area contributed by atoms with Crippen molar-refractivity contribution in [2.75, 3.05) is 32.8 Å². The van der Waals surface area contributed by atoms with Gasteiger partial charge in [0, 0.05) is 32.1 Å². The van der Waals surface area contributed by atoms with Gasteiger partial charge in [0.15, 0.2) is 0 Å². The van der Waals surface area contributed by atoms with E-state index in [1.54, 1.807) is 0 Å². The lowest BCUT2D eigenvalue weighted by atomic mass is 9.68. The summed E-state index contributed by atoms with van der Waals surface area (Å²) in [5.74, 6) is 0.473. The van der Waals surface area contributed by atoms with Gasteiger partial charge in [-0.1, -0.05) is 43.2 Å². The predicted octanol–water partition coefficient (Wildman–Crippen LogP) is 1.98. The maximum atomic E-state index is 10.3. The van der Waals surface area contributed by atoms with Crippen LogP contribution in [0, 0.1) is 0 Å². The van der Waals surface area contributed by atoms with Crippen LogP contribution in [0.25, 0.3) is 0 Å². The first kappa shape index (κ1) is 14.1. The topological polar surface area (TPSA) is 35.5 Å². The van der Waals surface area contributed by atoms with Crippen LogP contribution in [-0.4, -0.2) is 48.3 Å². The number of piperazine rings is 1. The van der Waals surface area contributed by atoms with E-state index in [-0.39, 0.29) is 12.1 Å². The number of aliphatic hydroxyl groups is 1. The summed E-state index contributed by atoms with van der Waals surface area (Å²) in [4.78, 5) is 2.56. The molecule has 1 aromatic carbocycles. The molecule has 2 fully saturated rings. The highest BCUT2D eigenvalue weighted by Gasteiger charge is 2.45. The molecule has 1 aromatic rings. The molecule has 3 nitrogen and oxygen atoms in total. The van der Waals surface area contributed by atoms with Crippen molar-refractivity contribution in [2.24, 2.45) is 0 Å².